The summed E-state index contributed by atoms with van der Waals surface area (Å²) < 4.78 is 5.43. The molecule has 0 amide bonds. The highest BCUT2D eigenvalue weighted by atomic mass is 16.5. The lowest BCUT2D eigenvalue weighted by Gasteiger charge is -2.33. The van der Waals surface area contributed by atoms with E-state index in [4.69, 9.17) is 4.74 Å². The maximum absolute atomic E-state index is 5.43. The first-order valence-corrected chi connectivity index (χ1v) is 11.2. The molecular formula is C25H26N6O. The van der Waals surface area contributed by atoms with Gasteiger partial charge >= 0.3 is 0 Å². The normalized spacial score (nSPS) is 19.3. The second-order valence-corrected chi connectivity index (χ2v) is 8.76. The number of morpholine rings is 1. The second-order valence-electron chi connectivity index (χ2n) is 8.76. The van der Waals surface area contributed by atoms with Gasteiger partial charge in [-0.2, -0.15) is 5.10 Å². The van der Waals surface area contributed by atoms with Gasteiger partial charge in [-0.3, -0.25) is 5.10 Å². The van der Waals surface area contributed by atoms with Crippen molar-refractivity contribution >= 4 is 16.7 Å². The van der Waals surface area contributed by atoms with Gasteiger partial charge < -0.3 is 14.5 Å². The van der Waals surface area contributed by atoms with Crippen molar-refractivity contribution in [2.24, 2.45) is 0 Å². The predicted molar refractivity (Wildman–Crippen MR) is 125 cm³/mol. The summed E-state index contributed by atoms with van der Waals surface area (Å²) in [6.45, 7) is 5.17. The van der Waals surface area contributed by atoms with E-state index >= 15 is 0 Å². The summed E-state index contributed by atoms with van der Waals surface area (Å²) in [5.74, 6) is 1.26. The molecule has 1 unspecified atom stereocenters. The quantitative estimate of drug-likeness (QED) is 0.541. The number of aromatic amines is 1. The van der Waals surface area contributed by atoms with E-state index in [1.165, 1.54) is 16.7 Å². The number of hydrogen-bond acceptors (Lipinski definition) is 6. The predicted octanol–water partition coefficient (Wildman–Crippen LogP) is 3.43. The number of fused-ring (bicyclic) bond motifs is 2. The second kappa shape index (κ2) is 8.00. The monoisotopic (exact) mass is 426 g/mol. The largest absolute Gasteiger partial charge is 0.378 e. The highest BCUT2D eigenvalue weighted by molar-refractivity contribution is 5.79. The van der Waals surface area contributed by atoms with Crippen LogP contribution in [0.25, 0.3) is 22.2 Å². The van der Waals surface area contributed by atoms with Crippen LogP contribution in [0, 0.1) is 0 Å². The van der Waals surface area contributed by atoms with Crippen molar-refractivity contribution in [3.63, 3.8) is 0 Å². The Bertz CT molecular complexity index is 1250. The van der Waals surface area contributed by atoms with E-state index < -0.39 is 0 Å². The van der Waals surface area contributed by atoms with E-state index in [2.05, 4.69) is 85.8 Å². The molecule has 1 N–H and O–H groups in total. The number of aromatic nitrogens is 4. The fourth-order valence-electron chi connectivity index (χ4n) is 4.91. The third-order valence-corrected chi connectivity index (χ3v) is 6.60. The first-order chi connectivity index (χ1) is 15.7. The van der Waals surface area contributed by atoms with Crippen LogP contribution in [0.1, 0.15) is 22.6 Å². The molecule has 0 bridgehead atoms. The van der Waals surface area contributed by atoms with Crippen LogP contribution in [0.5, 0.6) is 0 Å². The van der Waals surface area contributed by atoms with Gasteiger partial charge in [-0.05, 0) is 54.1 Å². The average Bonchev–Trinajstić information content (AvgIpc) is 3.32. The Morgan fingerprint density at radius 2 is 1.91 bits per heavy atom. The molecule has 2 aromatic carbocycles. The van der Waals surface area contributed by atoms with E-state index in [9.17, 15) is 0 Å². The number of nitrogens with zero attached hydrogens (tertiary/aromatic N) is 5. The van der Waals surface area contributed by atoms with Crippen LogP contribution >= 0.6 is 0 Å². The van der Waals surface area contributed by atoms with Gasteiger partial charge in [0, 0.05) is 43.0 Å². The lowest BCUT2D eigenvalue weighted by atomic mass is 9.83. The molecule has 0 spiro atoms. The fraction of sp³-hybridized carbons (Fsp3) is 0.320. The third-order valence-electron chi connectivity index (χ3n) is 6.60. The Morgan fingerprint density at radius 3 is 2.75 bits per heavy atom. The van der Waals surface area contributed by atoms with Crippen molar-refractivity contribution in [2.45, 2.75) is 12.5 Å². The number of nitrogens with one attached hydrogen (secondary N) is 1. The zero-order chi connectivity index (χ0) is 21.5. The zero-order valence-corrected chi connectivity index (χ0v) is 18.2. The molecule has 32 heavy (non-hydrogen) atoms. The van der Waals surface area contributed by atoms with Crippen molar-refractivity contribution in [3.05, 3.63) is 71.4 Å². The standard InChI is InChI=1S/C25H26N6O/c1-30-15-20-13-18(23-6-7-25(29-28-23)31-8-10-32-11-9-31)2-4-21(20)22(16-30)17-3-5-24-19(12-17)14-26-27-24/h2-7,12-14,22H,8-11,15-16H2,1H3,(H,26,27). The van der Waals surface area contributed by atoms with Gasteiger partial charge in [0.15, 0.2) is 5.82 Å². The Labute approximate surface area is 187 Å². The Hall–Kier alpha value is -3.29. The van der Waals surface area contributed by atoms with Crippen LogP contribution < -0.4 is 4.90 Å². The van der Waals surface area contributed by atoms with E-state index in [0.717, 1.165) is 67.4 Å². The first kappa shape index (κ1) is 19.4. The molecule has 1 fully saturated rings. The van der Waals surface area contributed by atoms with E-state index in [1.807, 2.05) is 6.20 Å². The summed E-state index contributed by atoms with van der Waals surface area (Å²) >= 11 is 0. The van der Waals surface area contributed by atoms with E-state index in [-0.39, 0.29) is 0 Å². The van der Waals surface area contributed by atoms with Gasteiger partial charge in [0.2, 0.25) is 0 Å². The smallest absolute Gasteiger partial charge is 0.151 e. The van der Waals surface area contributed by atoms with Crippen molar-refractivity contribution < 1.29 is 4.74 Å². The molecular weight excluding hydrogens is 400 g/mol. The third kappa shape index (κ3) is 3.53. The number of benzene rings is 2. The molecule has 7 nitrogen and oxygen atoms in total. The van der Waals surface area contributed by atoms with Crippen LogP contribution in [0.15, 0.2) is 54.7 Å². The number of anilines is 1. The van der Waals surface area contributed by atoms with Gasteiger partial charge in [-0.25, -0.2) is 0 Å². The van der Waals surface area contributed by atoms with Gasteiger partial charge in [0.1, 0.15) is 0 Å². The Kier molecular flexibility index (Phi) is 4.85. The maximum Gasteiger partial charge on any atom is 0.151 e. The Morgan fingerprint density at radius 1 is 1.00 bits per heavy atom. The number of ether oxygens (including phenoxy) is 1. The van der Waals surface area contributed by atoms with Gasteiger partial charge in [-0.15, -0.1) is 10.2 Å². The average molecular weight is 427 g/mol. The van der Waals surface area contributed by atoms with Crippen molar-refractivity contribution in [3.8, 4) is 11.3 Å². The van der Waals surface area contributed by atoms with Crippen LogP contribution in [0.4, 0.5) is 5.82 Å². The molecule has 2 aliphatic rings. The highest BCUT2D eigenvalue weighted by Crippen LogP contribution is 2.36. The summed E-state index contributed by atoms with van der Waals surface area (Å²) in [6, 6.07) is 17.5. The number of rotatable bonds is 3. The molecule has 7 heteroatoms. The molecule has 1 saturated heterocycles. The molecule has 6 rings (SSSR count). The number of H-pyrrole nitrogens is 1. The Balaban J connectivity index is 1.31. The summed E-state index contributed by atoms with van der Waals surface area (Å²) in [5.41, 5.74) is 7.18. The first-order valence-electron chi connectivity index (χ1n) is 11.2. The molecule has 162 valence electrons. The molecule has 0 saturated carbocycles. The zero-order valence-electron chi connectivity index (χ0n) is 18.2. The van der Waals surface area contributed by atoms with Gasteiger partial charge in [0.05, 0.1) is 30.6 Å². The molecule has 4 heterocycles. The highest BCUT2D eigenvalue weighted by Gasteiger charge is 2.25. The summed E-state index contributed by atoms with van der Waals surface area (Å²) in [7, 11) is 2.19. The molecule has 2 aliphatic heterocycles. The lowest BCUT2D eigenvalue weighted by Crippen LogP contribution is -2.36. The van der Waals surface area contributed by atoms with E-state index in [1.54, 1.807) is 0 Å². The summed E-state index contributed by atoms with van der Waals surface area (Å²) in [6.07, 6.45) is 1.90. The molecule has 1 atom stereocenters. The minimum atomic E-state index is 0.340. The van der Waals surface area contributed by atoms with Gasteiger partial charge in [-0.1, -0.05) is 18.2 Å². The molecule has 4 aromatic rings. The van der Waals surface area contributed by atoms with Gasteiger partial charge in [0.25, 0.3) is 0 Å². The van der Waals surface area contributed by atoms with Crippen LogP contribution in [0.3, 0.4) is 0 Å². The van der Waals surface area contributed by atoms with Crippen LogP contribution in [-0.2, 0) is 11.3 Å². The van der Waals surface area contributed by atoms with Crippen molar-refractivity contribution in [1.82, 2.24) is 25.3 Å². The summed E-state index contributed by atoms with van der Waals surface area (Å²) in [5, 5.41) is 17.4. The summed E-state index contributed by atoms with van der Waals surface area (Å²) in [4.78, 5) is 4.62. The lowest BCUT2D eigenvalue weighted by molar-refractivity contribution is 0.122. The van der Waals surface area contributed by atoms with Crippen molar-refractivity contribution in [2.75, 3.05) is 44.8 Å². The fourth-order valence-corrected chi connectivity index (χ4v) is 4.91. The molecule has 2 aromatic heterocycles. The minimum absolute atomic E-state index is 0.340. The minimum Gasteiger partial charge on any atom is -0.378 e. The van der Waals surface area contributed by atoms with E-state index in [0.29, 0.717) is 5.92 Å². The topological polar surface area (TPSA) is 70.2 Å². The number of hydrogen-bond donors (Lipinski definition) is 1. The maximum atomic E-state index is 5.43. The van der Waals surface area contributed by atoms with Crippen LogP contribution in [0.2, 0.25) is 0 Å². The molecule has 0 aliphatic carbocycles. The number of likely N-dealkylation sites (N-methyl/N-ethyl adjacent to an activating group) is 1. The SMILES string of the molecule is CN1Cc2cc(-c3ccc(N4CCOCC4)nn3)ccc2C(c2ccc3[nH]ncc3c2)C1. The molecule has 0 radical (unpaired) electrons. The van der Waals surface area contributed by atoms with Crippen LogP contribution in [-0.4, -0.2) is 65.2 Å². The van der Waals surface area contributed by atoms with Crippen molar-refractivity contribution in [1.29, 1.82) is 0 Å².